The standard InChI is InChI=1S/C20H25F3N4O3/c1-15-13-18(28)24-19(29)27(15)8-4-7-25-9-11-26(12-10-25)16-5-2-3-6-17(16)30-14-20(21,22)23/h2-3,5-6,13H,4,7-12,14H2,1H3,(H,24,28,29). The van der Waals surface area contributed by atoms with Gasteiger partial charge >= 0.3 is 11.9 Å². The van der Waals surface area contributed by atoms with Crippen molar-refractivity contribution in [2.45, 2.75) is 26.1 Å². The highest BCUT2D eigenvalue weighted by molar-refractivity contribution is 5.58. The van der Waals surface area contributed by atoms with Gasteiger partial charge in [-0.3, -0.25) is 19.2 Å². The number of para-hydroxylation sites is 2. The summed E-state index contributed by atoms with van der Waals surface area (Å²) in [6.07, 6.45) is -3.63. The van der Waals surface area contributed by atoms with Gasteiger partial charge in [0.15, 0.2) is 6.61 Å². The summed E-state index contributed by atoms with van der Waals surface area (Å²) in [6.45, 7) is 4.57. The van der Waals surface area contributed by atoms with Crippen LogP contribution in [0.25, 0.3) is 0 Å². The van der Waals surface area contributed by atoms with Gasteiger partial charge in [0.05, 0.1) is 5.69 Å². The predicted octanol–water partition coefficient (Wildman–Crippen LogP) is 2.00. The summed E-state index contributed by atoms with van der Waals surface area (Å²) in [7, 11) is 0. The fourth-order valence-electron chi connectivity index (χ4n) is 3.58. The van der Waals surface area contributed by atoms with Crippen molar-refractivity contribution in [2.24, 2.45) is 0 Å². The lowest BCUT2D eigenvalue weighted by Crippen LogP contribution is -2.47. The zero-order chi connectivity index (χ0) is 21.7. The lowest BCUT2D eigenvalue weighted by Gasteiger charge is -2.36. The van der Waals surface area contributed by atoms with Crippen LogP contribution in [0.15, 0.2) is 39.9 Å². The van der Waals surface area contributed by atoms with Crippen molar-refractivity contribution in [1.82, 2.24) is 14.5 Å². The summed E-state index contributed by atoms with van der Waals surface area (Å²) in [5.41, 5.74) is 0.491. The highest BCUT2D eigenvalue weighted by Gasteiger charge is 2.29. The van der Waals surface area contributed by atoms with E-state index in [0.717, 1.165) is 26.1 Å². The van der Waals surface area contributed by atoms with Gasteiger partial charge in [-0.2, -0.15) is 13.2 Å². The third-order valence-electron chi connectivity index (χ3n) is 5.07. The van der Waals surface area contributed by atoms with Crippen molar-refractivity contribution >= 4 is 5.69 Å². The average Bonchev–Trinajstić information content (AvgIpc) is 2.68. The molecule has 10 heteroatoms. The molecule has 1 aromatic heterocycles. The van der Waals surface area contributed by atoms with Gasteiger partial charge < -0.3 is 9.64 Å². The number of H-pyrrole nitrogens is 1. The van der Waals surface area contributed by atoms with Gasteiger partial charge in [0.1, 0.15) is 5.75 Å². The van der Waals surface area contributed by atoms with E-state index >= 15 is 0 Å². The van der Waals surface area contributed by atoms with Crippen LogP contribution in [0.1, 0.15) is 12.1 Å². The van der Waals surface area contributed by atoms with E-state index in [1.807, 2.05) is 4.90 Å². The molecule has 2 heterocycles. The molecule has 0 unspecified atom stereocenters. The first kappa shape index (κ1) is 21.9. The van der Waals surface area contributed by atoms with Crippen molar-refractivity contribution in [2.75, 3.05) is 44.2 Å². The van der Waals surface area contributed by atoms with Crippen LogP contribution in [-0.2, 0) is 6.54 Å². The number of aryl methyl sites for hydroxylation is 1. The van der Waals surface area contributed by atoms with Crippen molar-refractivity contribution in [3.8, 4) is 5.75 Å². The van der Waals surface area contributed by atoms with E-state index in [1.165, 1.54) is 6.07 Å². The maximum absolute atomic E-state index is 12.5. The van der Waals surface area contributed by atoms with E-state index in [2.05, 4.69) is 9.88 Å². The molecule has 2 aromatic rings. The number of aromatic amines is 1. The number of nitrogens with one attached hydrogen (secondary N) is 1. The molecule has 7 nitrogen and oxygen atoms in total. The van der Waals surface area contributed by atoms with E-state index in [4.69, 9.17) is 4.74 Å². The molecule has 0 spiro atoms. The Morgan fingerprint density at radius 1 is 1.07 bits per heavy atom. The van der Waals surface area contributed by atoms with E-state index < -0.39 is 24.0 Å². The first-order chi connectivity index (χ1) is 14.2. The monoisotopic (exact) mass is 426 g/mol. The lowest BCUT2D eigenvalue weighted by atomic mass is 10.2. The minimum Gasteiger partial charge on any atom is -0.482 e. The van der Waals surface area contributed by atoms with Crippen molar-refractivity contribution < 1.29 is 17.9 Å². The normalized spacial score (nSPS) is 15.4. The number of hydrogen-bond donors (Lipinski definition) is 1. The molecule has 1 aliphatic heterocycles. The summed E-state index contributed by atoms with van der Waals surface area (Å²) < 4.78 is 44.0. The molecule has 1 aromatic carbocycles. The van der Waals surface area contributed by atoms with Gasteiger partial charge in [-0.05, 0) is 32.0 Å². The number of nitrogens with zero attached hydrogens (tertiary/aromatic N) is 3. The Kier molecular flexibility index (Phi) is 6.86. The number of benzene rings is 1. The highest BCUT2D eigenvalue weighted by atomic mass is 19.4. The maximum atomic E-state index is 12.5. The second-order valence-corrected chi connectivity index (χ2v) is 7.29. The first-order valence-corrected chi connectivity index (χ1v) is 9.79. The molecule has 1 saturated heterocycles. The Morgan fingerprint density at radius 2 is 1.77 bits per heavy atom. The smallest absolute Gasteiger partial charge is 0.422 e. The van der Waals surface area contributed by atoms with Crippen LogP contribution in [0.5, 0.6) is 5.75 Å². The Bertz CT molecular complexity index is 963. The fourth-order valence-corrected chi connectivity index (χ4v) is 3.58. The van der Waals surface area contributed by atoms with Gasteiger partial charge in [-0.25, -0.2) is 4.79 Å². The third-order valence-corrected chi connectivity index (χ3v) is 5.07. The van der Waals surface area contributed by atoms with Crippen molar-refractivity contribution in [3.05, 3.63) is 56.9 Å². The van der Waals surface area contributed by atoms with E-state index in [-0.39, 0.29) is 5.75 Å². The lowest BCUT2D eigenvalue weighted by molar-refractivity contribution is -0.153. The van der Waals surface area contributed by atoms with Gasteiger partial charge in [-0.1, -0.05) is 12.1 Å². The number of ether oxygens (including phenoxy) is 1. The van der Waals surface area contributed by atoms with E-state index in [9.17, 15) is 22.8 Å². The Labute approximate surface area is 171 Å². The molecule has 164 valence electrons. The predicted molar refractivity (Wildman–Crippen MR) is 107 cm³/mol. The molecular weight excluding hydrogens is 401 g/mol. The van der Waals surface area contributed by atoms with Gasteiger partial charge in [-0.15, -0.1) is 0 Å². The van der Waals surface area contributed by atoms with Crippen LogP contribution in [0, 0.1) is 6.92 Å². The second kappa shape index (κ2) is 9.38. The van der Waals surface area contributed by atoms with Crippen molar-refractivity contribution in [1.29, 1.82) is 0 Å². The average molecular weight is 426 g/mol. The van der Waals surface area contributed by atoms with Crippen LogP contribution in [0.2, 0.25) is 0 Å². The largest absolute Gasteiger partial charge is 0.482 e. The van der Waals surface area contributed by atoms with Crippen LogP contribution in [-0.4, -0.2) is 60.0 Å². The first-order valence-electron chi connectivity index (χ1n) is 9.79. The summed E-state index contributed by atoms with van der Waals surface area (Å²) in [6, 6.07) is 8.17. The summed E-state index contributed by atoms with van der Waals surface area (Å²) in [4.78, 5) is 29.7. The second-order valence-electron chi connectivity index (χ2n) is 7.29. The third kappa shape index (κ3) is 5.88. The molecular formula is C20H25F3N4O3. The summed E-state index contributed by atoms with van der Waals surface area (Å²) in [5, 5.41) is 0. The number of rotatable bonds is 7. The molecule has 1 aliphatic rings. The molecule has 0 amide bonds. The SMILES string of the molecule is Cc1cc(=O)[nH]c(=O)n1CCCN1CCN(c2ccccc2OCC(F)(F)F)CC1. The molecule has 0 bridgehead atoms. The molecule has 30 heavy (non-hydrogen) atoms. The topological polar surface area (TPSA) is 70.6 Å². The van der Waals surface area contributed by atoms with Crippen molar-refractivity contribution in [3.63, 3.8) is 0 Å². The fraction of sp³-hybridized carbons (Fsp3) is 0.500. The van der Waals surface area contributed by atoms with Gasteiger partial charge in [0, 0.05) is 44.5 Å². The van der Waals surface area contributed by atoms with Crippen LogP contribution < -0.4 is 20.9 Å². The molecule has 0 atom stereocenters. The van der Waals surface area contributed by atoms with Gasteiger partial charge in [0.2, 0.25) is 0 Å². The number of anilines is 1. The number of halogens is 3. The number of piperazine rings is 1. The quantitative estimate of drug-likeness (QED) is 0.734. The minimum absolute atomic E-state index is 0.233. The zero-order valence-corrected chi connectivity index (χ0v) is 16.7. The van der Waals surface area contributed by atoms with Crippen LogP contribution in [0.4, 0.5) is 18.9 Å². The number of alkyl halides is 3. The van der Waals surface area contributed by atoms with E-state index in [0.29, 0.717) is 31.0 Å². The molecule has 0 aliphatic carbocycles. The van der Waals surface area contributed by atoms with Crippen LogP contribution >= 0.6 is 0 Å². The Hall–Kier alpha value is -2.75. The number of aromatic nitrogens is 2. The van der Waals surface area contributed by atoms with Gasteiger partial charge in [0.25, 0.3) is 5.56 Å². The summed E-state index contributed by atoms with van der Waals surface area (Å²) in [5.74, 6) is 0.233. The molecule has 0 saturated carbocycles. The molecule has 0 radical (unpaired) electrons. The Balaban J connectivity index is 1.51. The van der Waals surface area contributed by atoms with E-state index in [1.54, 1.807) is 35.8 Å². The number of hydrogen-bond acceptors (Lipinski definition) is 5. The molecule has 1 fully saturated rings. The minimum atomic E-state index is -4.38. The maximum Gasteiger partial charge on any atom is 0.422 e. The molecule has 1 N–H and O–H groups in total. The zero-order valence-electron chi connectivity index (χ0n) is 16.7. The Morgan fingerprint density at radius 3 is 2.43 bits per heavy atom. The highest BCUT2D eigenvalue weighted by Crippen LogP contribution is 2.30. The molecule has 3 rings (SSSR count). The van der Waals surface area contributed by atoms with Crippen LogP contribution in [0.3, 0.4) is 0 Å². The summed E-state index contributed by atoms with van der Waals surface area (Å²) >= 11 is 0.